The summed E-state index contributed by atoms with van der Waals surface area (Å²) in [6.45, 7) is 0. The van der Waals surface area contributed by atoms with E-state index in [1.165, 1.54) is 54.9 Å². The quantitative estimate of drug-likeness (QED) is 0.206. The summed E-state index contributed by atoms with van der Waals surface area (Å²) in [5, 5.41) is 5.05. The van der Waals surface area contributed by atoms with Crippen LogP contribution in [0, 0.1) is 0 Å². The third-order valence-electron chi connectivity index (χ3n) is 9.59. The lowest BCUT2D eigenvalue weighted by molar-refractivity contribution is 0.953. The summed E-state index contributed by atoms with van der Waals surface area (Å²) < 4.78 is 4.67. The van der Waals surface area contributed by atoms with E-state index in [-0.39, 0.29) is 5.92 Å². The molecule has 1 aliphatic carbocycles. The van der Waals surface area contributed by atoms with Crippen molar-refractivity contribution in [2.75, 3.05) is 0 Å². The number of imidazole rings is 1. The molecule has 7 aromatic carbocycles. The van der Waals surface area contributed by atoms with E-state index in [9.17, 15) is 0 Å². The number of hydrogen-bond acceptors (Lipinski definition) is 1. The first-order chi connectivity index (χ1) is 22.3. The summed E-state index contributed by atoms with van der Waals surface area (Å²) in [7, 11) is 0. The number of benzene rings is 7. The van der Waals surface area contributed by atoms with Crippen LogP contribution < -0.4 is 0 Å². The van der Waals surface area contributed by atoms with Gasteiger partial charge >= 0.3 is 0 Å². The van der Waals surface area contributed by atoms with Crippen molar-refractivity contribution in [3.05, 3.63) is 174 Å². The van der Waals surface area contributed by atoms with Crippen molar-refractivity contribution in [3.63, 3.8) is 0 Å². The van der Waals surface area contributed by atoms with Crippen molar-refractivity contribution >= 4 is 43.6 Å². The average molecular weight is 574 g/mol. The standard InChI is InChI=1S/C42H27N3/c1-3-14-28(15-4-1)40-32-24-23-27-13-7-8-18-30(27)41(32)34-25-33-31-19-9-11-21-37(31)45(39(33)26-35(34)40)42-43-36-20-10-12-22-38(36)44(42)29-16-5-2-6-17-29/h1-26,40H. The molecule has 1 unspecified atom stereocenters. The van der Waals surface area contributed by atoms with Crippen LogP contribution in [-0.2, 0) is 0 Å². The highest BCUT2D eigenvalue weighted by Gasteiger charge is 2.33. The van der Waals surface area contributed by atoms with Crippen molar-refractivity contribution in [2.45, 2.75) is 5.92 Å². The Bertz CT molecular complexity index is 2590. The molecule has 1 aliphatic rings. The van der Waals surface area contributed by atoms with Crippen LogP contribution >= 0.6 is 0 Å². The third-order valence-corrected chi connectivity index (χ3v) is 9.59. The first kappa shape index (κ1) is 24.5. The molecular formula is C42H27N3. The molecule has 0 fully saturated rings. The summed E-state index contributed by atoms with van der Waals surface area (Å²) in [4.78, 5) is 5.31. The van der Waals surface area contributed by atoms with Gasteiger partial charge in [0.1, 0.15) is 0 Å². The van der Waals surface area contributed by atoms with Crippen LogP contribution in [0.15, 0.2) is 158 Å². The number of fused-ring (bicyclic) bond motifs is 9. The fourth-order valence-corrected chi connectivity index (χ4v) is 7.70. The first-order valence-electron chi connectivity index (χ1n) is 15.5. The second-order valence-corrected chi connectivity index (χ2v) is 12.0. The molecular weight excluding hydrogens is 546 g/mol. The van der Waals surface area contributed by atoms with E-state index in [4.69, 9.17) is 4.98 Å². The zero-order chi connectivity index (χ0) is 29.5. The average Bonchev–Trinajstić information content (AvgIpc) is 3.75. The molecule has 2 aromatic heterocycles. The molecule has 0 amide bonds. The highest BCUT2D eigenvalue weighted by atomic mass is 15.2. The Hall–Kier alpha value is -5.93. The molecule has 0 aliphatic heterocycles. The molecule has 1 atom stereocenters. The molecule has 0 radical (unpaired) electrons. The van der Waals surface area contributed by atoms with Crippen LogP contribution in [0.5, 0.6) is 0 Å². The predicted octanol–water partition coefficient (Wildman–Crippen LogP) is 10.4. The van der Waals surface area contributed by atoms with Gasteiger partial charge in [-0.3, -0.25) is 9.13 Å². The van der Waals surface area contributed by atoms with Crippen LogP contribution in [-0.4, -0.2) is 14.1 Å². The van der Waals surface area contributed by atoms with Crippen molar-refractivity contribution in [1.82, 2.24) is 14.1 Å². The van der Waals surface area contributed by atoms with Crippen molar-refractivity contribution in [2.24, 2.45) is 0 Å². The Labute approximate surface area is 260 Å². The number of aromatic nitrogens is 3. The second-order valence-electron chi connectivity index (χ2n) is 12.0. The van der Waals surface area contributed by atoms with E-state index in [0.29, 0.717) is 0 Å². The molecule has 45 heavy (non-hydrogen) atoms. The molecule has 210 valence electrons. The lowest BCUT2D eigenvalue weighted by atomic mass is 9.88. The molecule has 0 bridgehead atoms. The topological polar surface area (TPSA) is 22.8 Å². The fourth-order valence-electron chi connectivity index (χ4n) is 7.70. The number of hydrogen-bond donors (Lipinski definition) is 0. The smallest absolute Gasteiger partial charge is 0.220 e. The van der Waals surface area contributed by atoms with E-state index < -0.39 is 0 Å². The van der Waals surface area contributed by atoms with Crippen LogP contribution in [0.2, 0.25) is 0 Å². The Kier molecular flexibility index (Phi) is 5.06. The Morgan fingerprint density at radius 3 is 2.00 bits per heavy atom. The van der Waals surface area contributed by atoms with Gasteiger partial charge < -0.3 is 0 Å². The molecule has 10 rings (SSSR count). The van der Waals surface area contributed by atoms with Crippen molar-refractivity contribution in [3.8, 4) is 22.8 Å². The van der Waals surface area contributed by atoms with Gasteiger partial charge in [0, 0.05) is 22.4 Å². The van der Waals surface area contributed by atoms with Gasteiger partial charge in [-0.15, -0.1) is 0 Å². The van der Waals surface area contributed by atoms with Gasteiger partial charge in [0.25, 0.3) is 0 Å². The minimum Gasteiger partial charge on any atom is -0.279 e. The van der Waals surface area contributed by atoms with Gasteiger partial charge in [-0.25, -0.2) is 4.98 Å². The Morgan fingerprint density at radius 2 is 1.16 bits per heavy atom. The van der Waals surface area contributed by atoms with Crippen LogP contribution in [0.3, 0.4) is 0 Å². The lowest BCUT2D eigenvalue weighted by Gasteiger charge is -2.16. The molecule has 0 saturated heterocycles. The van der Waals surface area contributed by atoms with Crippen molar-refractivity contribution in [1.29, 1.82) is 0 Å². The Balaban J connectivity index is 1.35. The van der Waals surface area contributed by atoms with Crippen LogP contribution in [0.1, 0.15) is 22.6 Å². The fraction of sp³-hybridized carbons (Fsp3) is 0.0238. The highest BCUT2D eigenvalue weighted by molar-refractivity contribution is 6.13. The molecule has 2 heterocycles. The molecule has 3 heteroatoms. The van der Waals surface area contributed by atoms with Crippen LogP contribution in [0.4, 0.5) is 0 Å². The zero-order valence-corrected chi connectivity index (χ0v) is 24.4. The molecule has 0 saturated carbocycles. The van der Waals surface area contributed by atoms with E-state index in [0.717, 1.165) is 28.2 Å². The molecule has 0 N–H and O–H groups in total. The molecule has 0 spiro atoms. The minimum absolute atomic E-state index is 0.143. The highest BCUT2D eigenvalue weighted by Crippen LogP contribution is 2.52. The monoisotopic (exact) mass is 573 g/mol. The van der Waals surface area contributed by atoms with Crippen molar-refractivity contribution < 1.29 is 0 Å². The molecule has 3 nitrogen and oxygen atoms in total. The van der Waals surface area contributed by atoms with Crippen LogP contribution in [0.25, 0.3) is 66.4 Å². The zero-order valence-electron chi connectivity index (χ0n) is 24.4. The van der Waals surface area contributed by atoms with E-state index in [2.05, 4.69) is 167 Å². The van der Waals surface area contributed by atoms with Gasteiger partial charge in [-0.1, -0.05) is 115 Å². The third kappa shape index (κ3) is 3.44. The summed E-state index contributed by atoms with van der Waals surface area (Å²) in [5.41, 5.74) is 12.2. The first-order valence-corrected chi connectivity index (χ1v) is 15.5. The SMILES string of the molecule is c1ccc(C2c3cc4c(cc3-c3c2ccc2ccccc32)c2ccccc2n4-c2nc3ccccc3n2-c2ccccc2)cc1. The maximum atomic E-state index is 5.31. The van der Waals surface area contributed by atoms with Gasteiger partial charge in [-0.05, 0) is 81.1 Å². The largest absolute Gasteiger partial charge is 0.279 e. The minimum atomic E-state index is 0.143. The summed E-state index contributed by atoms with van der Waals surface area (Å²) in [5.74, 6) is 1.04. The summed E-state index contributed by atoms with van der Waals surface area (Å²) in [6.07, 6.45) is 0. The maximum Gasteiger partial charge on any atom is 0.220 e. The summed E-state index contributed by atoms with van der Waals surface area (Å²) >= 11 is 0. The number of rotatable bonds is 3. The summed E-state index contributed by atoms with van der Waals surface area (Å²) in [6, 6.07) is 57.1. The normalized spacial score (nSPS) is 14.0. The lowest BCUT2D eigenvalue weighted by Crippen LogP contribution is -2.06. The Morgan fingerprint density at radius 1 is 0.467 bits per heavy atom. The van der Waals surface area contributed by atoms with E-state index >= 15 is 0 Å². The van der Waals surface area contributed by atoms with Gasteiger partial charge in [-0.2, -0.15) is 0 Å². The number of para-hydroxylation sites is 4. The predicted molar refractivity (Wildman–Crippen MR) is 186 cm³/mol. The van der Waals surface area contributed by atoms with E-state index in [1.807, 2.05) is 0 Å². The van der Waals surface area contributed by atoms with Gasteiger partial charge in [0.2, 0.25) is 5.95 Å². The van der Waals surface area contributed by atoms with Gasteiger partial charge in [0.05, 0.1) is 22.1 Å². The van der Waals surface area contributed by atoms with E-state index in [1.54, 1.807) is 0 Å². The maximum absolute atomic E-state index is 5.31. The second kappa shape index (κ2) is 9.28. The number of nitrogens with zero attached hydrogens (tertiary/aromatic N) is 3. The van der Waals surface area contributed by atoms with Gasteiger partial charge in [0.15, 0.2) is 0 Å². The molecule has 9 aromatic rings.